The third kappa shape index (κ3) is 5.98. The van der Waals surface area contributed by atoms with E-state index < -0.39 is 10.8 Å². The highest BCUT2D eigenvalue weighted by Crippen LogP contribution is 2.28. The maximum absolute atomic E-state index is 12.0. The fourth-order valence-corrected chi connectivity index (χ4v) is 4.03. The van der Waals surface area contributed by atoms with Gasteiger partial charge in [-0.3, -0.25) is 4.21 Å². The van der Waals surface area contributed by atoms with Gasteiger partial charge in [-0.15, -0.1) is 0 Å². The Kier molecular flexibility index (Phi) is 8.06. The average Bonchev–Trinajstić information content (AvgIpc) is 2.82. The first-order valence-electron chi connectivity index (χ1n) is 6.85. The smallest absolute Gasteiger partial charge is 0.0471 e. The lowest BCUT2D eigenvalue weighted by molar-refractivity contribution is 0.200. The van der Waals surface area contributed by atoms with Crippen LogP contribution < -0.4 is 5.32 Å². The lowest BCUT2D eigenvalue weighted by Gasteiger charge is -2.23. The molecule has 4 heteroatoms. The van der Waals surface area contributed by atoms with Crippen LogP contribution in [0, 0.1) is 5.92 Å². The summed E-state index contributed by atoms with van der Waals surface area (Å²) in [6, 6.07) is 0.464. The third-order valence-corrected chi connectivity index (χ3v) is 5.00. The van der Waals surface area contributed by atoms with E-state index in [1.165, 1.54) is 25.7 Å². The largest absolute Gasteiger partial charge is 0.385 e. The molecular formula is C13H27NO2S. The Hall–Kier alpha value is 0.0700. The summed E-state index contributed by atoms with van der Waals surface area (Å²) in [5.74, 6) is 2.35. The standard InChI is InChI=1S/C13H27NO2S/c1-3-14-13(12-7-4-5-8-12)11-17(15)10-6-9-16-2/h12-14H,3-11H2,1-2H3. The van der Waals surface area contributed by atoms with Crippen LogP contribution in [0.2, 0.25) is 0 Å². The van der Waals surface area contributed by atoms with Crippen LogP contribution in [0.3, 0.4) is 0 Å². The molecule has 2 atom stereocenters. The van der Waals surface area contributed by atoms with Crippen LogP contribution in [0.1, 0.15) is 39.0 Å². The molecule has 17 heavy (non-hydrogen) atoms. The predicted molar refractivity (Wildman–Crippen MR) is 73.8 cm³/mol. The van der Waals surface area contributed by atoms with Crippen LogP contribution in [-0.2, 0) is 15.5 Å². The van der Waals surface area contributed by atoms with Crippen LogP contribution in [0.5, 0.6) is 0 Å². The van der Waals surface area contributed by atoms with E-state index in [0.717, 1.165) is 37.0 Å². The Morgan fingerprint density at radius 2 is 2.12 bits per heavy atom. The second-order valence-corrected chi connectivity index (χ2v) is 6.49. The molecular weight excluding hydrogens is 234 g/mol. The van der Waals surface area contributed by atoms with E-state index in [9.17, 15) is 4.21 Å². The van der Waals surface area contributed by atoms with E-state index in [0.29, 0.717) is 6.04 Å². The van der Waals surface area contributed by atoms with Gasteiger partial charge >= 0.3 is 0 Å². The molecule has 0 bridgehead atoms. The van der Waals surface area contributed by atoms with Crippen molar-refractivity contribution >= 4 is 10.8 Å². The van der Waals surface area contributed by atoms with E-state index in [4.69, 9.17) is 4.74 Å². The minimum Gasteiger partial charge on any atom is -0.385 e. The molecule has 0 spiro atoms. The fraction of sp³-hybridized carbons (Fsp3) is 1.00. The van der Waals surface area contributed by atoms with E-state index in [-0.39, 0.29) is 0 Å². The summed E-state index contributed by atoms with van der Waals surface area (Å²) in [6.07, 6.45) is 6.23. The summed E-state index contributed by atoms with van der Waals surface area (Å²) in [4.78, 5) is 0. The zero-order valence-corrected chi connectivity index (χ0v) is 12.1. The maximum atomic E-state index is 12.0. The Morgan fingerprint density at radius 1 is 1.41 bits per heavy atom. The molecule has 1 N–H and O–H groups in total. The molecule has 0 amide bonds. The third-order valence-electron chi connectivity index (χ3n) is 3.52. The number of ether oxygens (including phenoxy) is 1. The van der Waals surface area contributed by atoms with Crippen LogP contribution in [0.4, 0.5) is 0 Å². The van der Waals surface area contributed by atoms with Crippen molar-refractivity contribution in [2.24, 2.45) is 5.92 Å². The second kappa shape index (κ2) is 9.06. The predicted octanol–water partition coefficient (Wildman–Crippen LogP) is 1.94. The van der Waals surface area contributed by atoms with E-state index in [2.05, 4.69) is 12.2 Å². The summed E-state index contributed by atoms with van der Waals surface area (Å²) >= 11 is 0. The Morgan fingerprint density at radius 3 is 2.71 bits per heavy atom. The van der Waals surface area contributed by atoms with Crippen molar-refractivity contribution in [3.05, 3.63) is 0 Å². The van der Waals surface area contributed by atoms with Crippen LogP contribution in [0.25, 0.3) is 0 Å². The summed E-state index contributed by atoms with van der Waals surface area (Å²) in [5, 5.41) is 3.52. The molecule has 0 aliphatic heterocycles. The molecule has 1 rings (SSSR count). The summed E-state index contributed by atoms with van der Waals surface area (Å²) < 4.78 is 17.0. The van der Waals surface area contributed by atoms with Gasteiger partial charge in [-0.1, -0.05) is 19.8 Å². The van der Waals surface area contributed by atoms with Gasteiger partial charge in [0.25, 0.3) is 0 Å². The number of methoxy groups -OCH3 is 1. The summed E-state index contributed by atoms with van der Waals surface area (Å²) in [7, 11) is 1.01. The van der Waals surface area contributed by atoms with Gasteiger partial charge in [0.2, 0.25) is 0 Å². The van der Waals surface area contributed by atoms with Crippen molar-refractivity contribution < 1.29 is 8.95 Å². The molecule has 1 aliphatic carbocycles. The first-order chi connectivity index (χ1) is 8.27. The quantitative estimate of drug-likeness (QED) is 0.645. The topological polar surface area (TPSA) is 38.3 Å². The van der Waals surface area contributed by atoms with E-state index >= 15 is 0 Å². The second-order valence-electron chi connectivity index (χ2n) is 4.87. The van der Waals surface area contributed by atoms with E-state index in [1.54, 1.807) is 7.11 Å². The average molecular weight is 261 g/mol. The van der Waals surface area contributed by atoms with Crippen molar-refractivity contribution in [3.63, 3.8) is 0 Å². The van der Waals surface area contributed by atoms with E-state index in [1.807, 2.05) is 0 Å². The van der Waals surface area contributed by atoms with Crippen molar-refractivity contribution in [1.82, 2.24) is 5.32 Å². The van der Waals surface area contributed by atoms with Gasteiger partial charge in [-0.25, -0.2) is 0 Å². The fourth-order valence-electron chi connectivity index (χ4n) is 2.63. The van der Waals surface area contributed by atoms with Gasteiger partial charge in [0, 0.05) is 42.1 Å². The van der Waals surface area contributed by atoms with Gasteiger partial charge in [0.15, 0.2) is 0 Å². The number of hydrogen-bond acceptors (Lipinski definition) is 3. The minimum atomic E-state index is -0.692. The highest BCUT2D eigenvalue weighted by Gasteiger charge is 2.25. The Bertz CT molecular complexity index is 217. The molecule has 2 unspecified atom stereocenters. The van der Waals surface area contributed by atoms with Crippen LogP contribution >= 0.6 is 0 Å². The number of nitrogens with one attached hydrogen (secondary N) is 1. The molecule has 0 radical (unpaired) electrons. The van der Waals surface area contributed by atoms with Gasteiger partial charge in [-0.05, 0) is 31.7 Å². The lowest BCUT2D eigenvalue weighted by Crippen LogP contribution is -2.40. The lowest BCUT2D eigenvalue weighted by atomic mass is 10.00. The van der Waals surface area contributed by atoms with Gasteiger partial charge in [0.1, 0.15) is 0 Å². The summed E-state index contributed by atoms with van der Waals surface area (Å²) in [6.45, 7) is 3.84. The zero-order valence-electron chi connectivity index (χ0n) is 11.2. The normalized spacial score (nSPS) is 20.6. The zero-order chi connectivity index (χ0) is 12.5. The minimum absolute atomic E-state index is 0.464. The molecule has 0 aromatic heterocycles. The molecule has 0 heterocycles. The Labute approximate surface area is 108 Å². The molecule has 0 saturated heterocycles. The molecule has 1 fully saturated rings. The monoisotopic (exact) mass is 261 g/mol. The van der Waals surface area contributed by atoms with Gasteiger partial charge in [0.05, 0.1) is 0 Å². The molecule has 3 nitrogen and oxygen atoms in total. The Balaban J connectivity index is 2.29. The maximum Gasteiger partial charge on any atom is 0.0471 e. The van der Waals surface area contributed by atoms with Gasteiger partial charge in [-0.2, -0.15) is 0 Å². The van der Waals surface area contributed by atoms with Crippen molar-refractivity contribution in [2.75, 3.05) is 31.8 Å². The molecule has 1 aliphatic rings. The first kappa shape index (κ1) is 15.1. The molecule has 1 saturated carbocycles. The SMILES string of the molecule is CCNC(CS(=O)CCCOC)C1CCCC1. The van der Waals surface area contributed by atoms with Crippen LogP contribution in [0.15, 0.2) is 0 Å². The van der Waals surface area contributed by atoms with Crippen molar-refractivity contribution in [1.29, 1.82) is 0 Å². The highest BCUT2D eigenvalue weighted by atomic mass is 32.2. The number of rotatable bonds is 9. The molecule has 0 aromatic carbocycles. The molecule has 102 valence electrons. The van der Waals surface area contributed by atoms with Crippen LogP contribution in [-0.4, -0.2) is 42.0 Å². The highest BCUT2D eigenvalue weighted by molar-refractivity contribution is 7.85. The molecule has 0 aromatic rings. The first-order valence-corrected chi connectivity index (χ1v) is 8.34. The van der Waals surface area contributed by atoms with Crippen molar-refractivity contribution in [2.45, 2.75) is 45.1 Å². The summed E-state index contributed by atoms with van der Waals surface area (Å²) in [5.41, 5.74) is 0. The van der Waals surface area contributed by atoms with Crippen molar-refractivity contribution in [3.8, 4) is 0 Å². The number of hydrogen-bond donors (Lipinski definition) is 1. The van der Waals surface area contributed by atoms with Gasteiger partial charge < -0.3 is 10.1 Å².